The molecular formula is C21H21O3P. The van der Waals surface area contributed by atoms with Crippen molar-refractivity contribution in [1.29, 1.82) is 0 Å². The van der Waals surface area contributed by atoms with E-state index in [1.165, 1.54) is 11.1 Å². The molecule has 0 radical (unpaired) electrons. The van der Waals surface area contributed by atoms with Crippen LogP contribution in [-0.4, -0.2) is 9.79 Å². The lowest BCUT2D eigenvalue weighted by Gasteiger charge is -2.04. The van der Waals surface area contributed by atoms with E-state index < -0.39 is 8.60 Å². The summed E-state index contributed by atoms with van der Waals surface area (Å²) in [7, 11) is -2.29. The fourth-order valence-corrected chi connectivity index (χ4v) is 2.32. The quantitative estimate of drug-likeness (QED) is 0.485. The maximum Gasteiger partial charge on any atom is 0.391 e. The number of hydrogen-bond acceptors (Lipinski definition) is 3. The number of hydrogen-bond donors (Lipinski definition) is 2. The van der Waals surface area contributed by atoms with Crippen LogP contribution >= 0.6 is 8.60 Å². The van der Waals surface area contributed by atoms with Crippen LogP contribution in [0.3, 0.4) is 0 Å². The Morgan fingerprint density at radius 2 is 1.12 bits per heavy atom. The lowest BCUT2D eigenvalue weighted by atomic mass is 10.1. The molecule has 3 rings (SSSR count). The van der Waals surface area contributed by atoms with E-state index in [1.807, 2.05) is 55.5 Å². The van der Waals surface area contributed by atoms with Gasteiger partial charge in [-0.1, -0.05) is 90.5 Å². The summed E-state index contributed by atoms with van der Waals surface area (Å²) >= 11 is 0. The molecule has 3 aromatic carbocycles. The first-order valence-corrected chi connectivity index (χ1v) is 9.01. The topological polar surface area (TPSA) is 49.7 Å². The van der Waals surface area contributed by atoms with E-state index in [0.717, 1.165) is 5.56 Å². The minimum absolute atomic E-state index is 0.478. The SMILES string of the molecule is C(=Cc1ccccc1)c1ccccc1.Cc1ccc(OP(O)O)cc1. The van der Waals surface area contributed by atoms with Crippen LogP contribution < -0.4 is 4.52 Å². The predicted octanol–water partition coefficient (Wildman–Crippen LogP) is 5.44. The second-order valence-corrected chi connectivity index (χ2v) is 6.00. The van der Waals surface area contributed by atoms with Gasteiger partial charge in [-0.3, -0.25) is 0 Å². The van der Waals surface area contributed by atoms with Crippen molar-refractivity contribution in [3.63, 3.8) is 0 Å². The Morgan fingerprint density at radius 1 is 0.680 bits per heavy atom. The molecule has 128 valence electrons. The molecular weight excluding hydrogens is 331 g/mol. The van der Waals surface area contributed by atoms with E-state index in [9.17, 15) is 0 Å². The molecule has 0 fully saturated rings. The molecule has 0 saturated heterocycles. The summed E-state index contributed by atoms with van der Waals surface area (Å²) in [6, 6.07) is 27.7. The summed E-state index contributed by atoms with van der Waals surface area (Å²) in [5, 5.41) is 0. The van der Waals surface area contributed by atoms with Crippen molar-refractivity contribution >= 4 is 20.8 Å². The third-order valence-electron chi connectivity index (χ3n) is 3.28. The maximum absolute atomic E-state index is 8.47. The van der Waals surface area contributed by atoms with E-state index >= 15 is 0 Å². The van der Waals surface area contributed by atoms with Crippen LogP contribution in [0.1, 0.15) is 16.7 Å². The minimum atomic E-state index is -2.29. The lowest BCUT2D eigenvalue weighted by Crippen LogP contribution is -1.84. The molecule has 0 unspecified atom stereocenters. The Balaban J connectivity index is 0.000000186. The first-order chi connectivity index (χ1) is 12.1. The fraction of sp³-hybridized carbons (Fsp3) is 0.0476. The maximum atomic E-state index is 8.47. The number of benzene rings is 3. The summed E-state index contributed by atoms with van der Waals surface area (Å²) in [6.07, 6.45) is 4.24. The van der Waals surface area contributed by atoms with Crippen molar-refractivity contribution in [3.05, 3.63) is 102 Å². The Bertz CT molecular complexity index is 713. The molecule has 25 heavy (non-hydrogen) atoms. The Labute approximate surface area is 149 Å². The average Bonchev–Trinajstić information content (AvgIpc) is 2.64. The third-order valence-corrected chi connectivity index (χ3v) is 3.65. The summed E-state index contributed by atoms with van der Waals surface area (Å²) in [4.78, 5) is 16.9. The highest BCUT2D eigenvalue weighted by Crippen LogP contribution is 2.28. The van der Waals surface area contributed by atoms with Gasteiger partial charge in [0, 0.05) is 0 Å². The molecule has 0 amide bonds. The van der Waals surface area contributed by atoms with Crippen molar-refractivity contribution in [1.82, 2.24) is 0 Å². The van der Waals surface area contributed by atoms with Gasteiger partial charge in [-0.2, -0.15) is 0 Å². The highest BCUT2D eigenvalue weighted by Gasteiger charge is 2.00. The summed E-state index contributed by atoms with van der Waals surface area (Å²) in [6.45, 7) is 1.95. The average molecular weight is 352 g/mol. The van der Waals surface area contributed by atoms with Crippen LogP contribution in [0, 0.1) is 6.92 Å². The van der Waals surface area contributed by atoms with Crippen LogP contribution in [-0.2, 0) is 0 Å². The van der Waals surface area contributed by atoms with Gasteiger partial charge in [-0.25, -0.2) is 0 Å². The Kier molecular flexibility index (Phi) is 7.87. The molecule has 0 heterocycles. The van der Waals surface area contributed by atoms with Crippen LogP contribution in [0.25, 0.3) is 12.2 Å². The highest BCUT2D eigenvalue weighted by molar-refractivity contribution is 7.39. The molecule has 0 aliphatic carbocycles. The zero-order valence-corrected chi connectivity index (χ0v) is 14.9. The van der Waals surface area contributed by atoms with E-state index in [-0.39, 0.29) is 0 Å². The van der Waals surface area contributed by atoms with Gasteiger partial charge in [0.1, 0.15) is 5.75 Å². The number of aryl methyl sites for hydroxylation is 1. The molecule has 2 N–H and O–H groups in total. The van der Waals surface area contributed by atoms with Gasteiger partial charge >= 0.3 is 8.60 Å². The van der Waals surface area contributed by atoms with E-state index in [2.05, 4.69) is 40.9 Å². The molecule has 3 aromatic rings. The van der Waals surface area contributed by atoms with Gasteiger partial charge in [-0.05, 0) is 30.2 Å². The van der Waals surface area contributed by atoms with Crippen LogP contribution in [0.4, 0.5) is 0 Å². The van der Waals surface area contributed by atoms with Crippen molar-refractivity contribution in [3.8, 4) is 5.75 Å². The monoisotopic (exact) mass is 352 g/mol. The largest absolute Gasteiger partial charge is 0.427 e. The normalized spacial score (nSPS) is 10.4. The molecule has 0 spiro atoms. The molecule has 0 bridgehead atoms. The predicted molar refractivity (Wildman–Crippen MR) is 105 cm³/mol. The molecule has 3 nitrogen and oxygen atoms in total. The molecule has 0 aliphatic heterocycles. The molecule has 0 atom stereocenters. The molecule has 4 heteroatoms. The second-order valence-electron chi connectivity index (χ2n) is 5.31. The summed E-state index contributed by atoms with van der Waals surface area (Å²) in [5.41, 5.74) is 3.57. The van der Waals surface area contributed by atoms with Gasteiger partial charge < -0.3 is 14.3 Å². The first-order valence-electron chi connectivity index (χ1n) is 7.84. The van der Waals surface area contributed by atoms with Gasteiger partial charge in [-0.15, -0.1) is 0 Å². The van der Waals surface area contributed by atoms with Crippen molar-refractivity contribution < 1.29 is 14.3 Å². The highest BCUT2D eigenvalue weighted by atomic mass is 31.2. The van der Waals surface area contributed by atoms with E-state index in [4.69, 9.17) is 9.79 Å². The van der Waals surface area contributed by atoms with Crippen LogP contribution in [0.5, 0.6) is 5.75 Å². The van der Waals surface area contributed by atoms with E-state index in [0.29, 0.717) is 5.75 Å². The van der Waals surface area contributed by atoms with Gasteiger partial charge in [0.05, 0.1) is 0 Å². The smallest absolute Gasteiger partial charge is 0.391 e. The van der Waals surface area contributed by atoms with Crippen molar-refractivity contribution in [2.45, 2.75) is 6.92 Å². The molecule has 0 aromatic heterocycles. The fourth-order valence-electron chi connectivity index (χ4n) is 2.01. The summed E-state index contributed by atoms with van der Waals surface area (Å²) < 4.78 is 4.65. The molecule has 0 aliphatic rings. The Morgan fingerprint density at radius 3 is 1.52 bits per heavy atom. The van der Waals surface area contributed by atoms with Crippen LogP contribution in [0.2, 0.25) is 0 Å². The van der Waals surface area contributed by atoms with Crippen LogP contribution in [0.15, 0.2) is 84.9 Å². The first kappa shape index (κ1) is 18.9. The standard InChI is InChI=1S/C14H12.C7H9O3P/c1-3-7-13(8-4-1)11-12-14-9-5-2-6-10-14;1-6-2-4-7(5-3-6)10-11(8)9/h1-12H;2-5,8-9H,1H3. The van der Waals surface area contributed by atoms with Crippen molar-refractivity contribution in [2.24, 2.45) is 0 Å². The Hall–Kier alpha value is -2.45. The number of rotatable bonds is 4. The van der Waals surface area contributed by atoms with Gasteiger partial charge in [0.15, 0.2) is 0 Å². The second kappa shape index (κ2) is 10.4. The third kappa shape index (κ3) is 7.77. The zero-order valence-electron chi connectivity index (χ0n) is 14.0. The molecule has 0 saturated carbocycles. The summed E-state index contributed by atoms with van der Waals surface area (Å²) in [5.74, 6) is 0.478. The minimum Gasteiger partial charge on any atom is -0.427 e. The van der Waals surface area contributed by atoms with Gasteiger partial charge in [0.2, 0.25) is 0 Å². The van der Waals surface area contributed by atoms with Crippen molar-refractivity contribution in [2.75, 3.05) is 0 Å². The van der Waals surface area contributed by atoms with E-state index in [1.54, 1.807) is 12.1 Å². The lowest BCUT2D eigenvalue weighted by molar-refractivity contribution is 0.375. The van der Waals surface area contributed by atoms with Gasteiger partial charge in [0.25, 0.3) is 0 Å². The zero-order chi connectivity index (χ0) is 17.9.